The highest BCUT2D eigenvalue weighted by atomic mass is 16.6. The summed E-state index contributed by atoms with van der Waals surface area (Å²) in [5.74, 6) is -3.05. The minimum Gasteiger partial charge on any atom is -0.507 e. The van der Waals surface area contributed by atoms with Crippen LogP contribution >= 0.6 is 0 Å². The monoisotopic (exact) mass is 706 g/mol. The predicted molar refractivity (Wildman–Crippen MR) is 182 cm³/mol. The van der Waals surface area contributed by atoms with Gasteiger partial charge in [-0.25, -0.2) is 19.2 Å². The molecule has 15 heteroatoms. The zero-order valence-corrected chi connectivity index (χ0v) is 27.9. The Bertz CT molecular complexity index is 1700. The van der Waals surface area contributed by atoms with Crippen molar-refractivity contribution in [2.75, 3.05) is 20.3 Å². The maximum absolute atomic E-state index is 12.6. The third-order valence-electron chi connectivity index (χ3n) is 7.47. The van der Waals surface area contributed by atoms with Crippen molar-refractivity contribution >= 4 is 41.3 Å². The van der Waals surface area contributed by atoms with Gasteiger partial charge in [0.05, 0.1) is 47.4 Å². The van der Waals surface area contributed by atoms with Gasteiger partial charge in [-0.15, -0.1) is 0 Å². The van der Waals surface area contributed by atoms with Crippen LogP contribution in [0.4, 0.5) is 11.4 Å². The molecule has 0 radical (unpaired) electrons. The van der Waals surface area contributed by atoms with E-state index in [1.165, 1.54) is 49.6 Å². The average molecular weight is 707 g/mol. The first-order valence-electron chi connectivity index (χ1n) is 16.2. The van der Waals surface area contributed by atoms with E-state index in [4.69, 9.17) is 14.2 Å². The Morgan fingerprint density at radius 2 is 1.20 bits per heavy atom. The third kappa shape index (κ3) is 13.4. The number of rotatable bonds is 20. The van der Waals surface area contributed by atoms with Crippen molar-refractivity contribution < 1.29 is 53.1 Å². The van der Waals surface area contributed by atoms with Gasteiger partial charge in [0.15, 0.2) is 0 Å². The van der Waals surface area contributed by atoms with Gasteiger partial charge in [0, 0.05) is 18.2 Å². The van der Waals surface area contributed by atoms with Crippen LogP contribution in [-0.4, -0.2) is 59.2 Å². The number of hydrogen-bond acceptors (Lipinski definition) is 13. The highest BCUT2D eigenvalue weighted by Crippen LogP contribution is 2.26. The lowest BCUT2D eigenvalue weighted by atomic mass is 10.1. The van der Waals surface area contributed by atoms with Crippen molar-refractivity contribution in [1.82, 2.24) is 0 Å². The van der Waals surface area contributed by atoms with Gasteiger partial charge in [-0.3, -0.25) is 20.2 Å². The number of hydrogen-bond donors (Lipinski definition) is 1. The normalized spacial score (nSPS) is 10.8. The minimum absolute atomic E-state index is 0.0502. The van der Waals surface area contributed by atoms with E-state index in [1.54, 1.807) is 12.1 Å². The van der Waals surface area contributed by atoms with E-state index >= 15 is 0 Å². The number of ether oxygens (including phenoxy) is 4. The van der Waals surface area contributed by atoms with E-state index in [9.17, 15) is 44.5 Å². The molecule has 3 aromatic carbocycles. The number of carbonyl (C=O) groups is 4. The molecule has 0 saturated carbocycles. The fourth-order valence-electron chi connectivity index (χ4n) is 4.73. The Morgan fingerprint density at radius 1 is 0.667 bits per heavy atom. The van der Waals surface area contributed by atoms with Crippen molar-refractivity contribution in [2.24, 2.45) is 0 Å². The zero-order valence-electron chi connectivity index (χ0n) is 27.9. The fourth-order valence-corrected chi connectivity index (χ4v) is 4.73. The van der Waals surface area contributed by atoms with Crippen molar-refractivity contribution in [1.29, 1.82) is 0 Å². The summed E-state index contributed by atoms with van der Waals surface area (Å²) in [7, 11) is 1.27. The molecule has 0 aliphatic carbocycles. The largest absolute Gasteiger partial charge is 0.507 e. The van der Waals surface area contributed by atoms with Gasteiger partial charge in [-0.1, -0.05) is 57.1 Å². The van der Waals surface area contributed by atoms with Crippen LogP contribution in [0, 0.1) is 20.2 Å². The Labute approximate surface area is 293 Å². The van der Waals surface area contributed by atoms with Crippen LogP contribution < -0.4 is 4.74 Å². The topological polar surface area (TPSA) is 212 Å². The summed E-state index contributed by atoms with van der Waals surface area (Å²) in [5, 5.41) is 32.1. The molecular weight excluding hydrogens is 668 g/mol. The van der Waals surface area contributed by atoms with Crippen LogP contribution in [0.5, 0.6) is 11.5 Å². The summed E-state index contributed by atoms with van der Waals surface area (Å²) in [6.45, 7) is 0.247. The second-order valence-electron chi connectivity index (χ2n) is 11.3. The summed E-state index contributed by atoms with van der Waals surface area (Å²) in [4.78, 5) is 68.9. The zero-order chi connectivity index (χ0) is 37.2. The molecule has 0 aliphatic heterocycles. The summed E-state index contributed by atoms with van der Waals surface area (Å²) in [6.07, 6.45) is 10.4. The molecule has 270 valence electrons. The number of phenolic OH excluding ortho intramolecular Hbond substituents is 1. The van der Waals surface area contributed by atoms with Gasteiger partial charge < -0.3 is 24.1 Å². The predicted octanol–water partition coefficient (Wildman–Crippen LogP) is 7.14. The van der Waals surface area contributed by atoms with Crippen LogP contribution in [0.15, 0.2) is 66.7 Å². The van der Waals surface area contributed by atoms with Crippen molar-refractivity contribution in [2.45, 2.75) is 57.8 Å². The lowest BCUT2D eigenvalue weighted by Gasteiger charge is -2.09. The molecule has 0 fully saturated rings. The first kappa shape index (κ1) is 39.3. The number of nitro groups is 2. The first-order chi connectivity index (χ1) is 24.5. The molecule has 3 aromatic rings. The van der Waals surface area contributed by atoms with Gasteiger partial charge in [0.2, 0.25) is 0 Å². The minimum atomic E-state index is -0.855. The lowest BCUT2D eigenvalue weighted by Crippen LogP contribution is -2.10. The van der Waals surface area contributed by atoms with Crippen LogP contribution in [0.3, 0.4) is 0 Å². The summed E-state index contributed by atoms with van der Waals surface area (Å²) >= 11 is 0. The smallest absolute Gasteiger partial charge is 0.343 e. The van der Waals surface area contributed by atoms with Crippen molar-refractivity contribution in [3.8, 4) is 11.5 Å². The number of phenols is 1. The van der Waals surface area contributed by atoms with E-state index in [0.717, 1.165) is 63.1 Å². The highest BCUT2D eigenvalue weighted by molar-refractivity contribution is 5.95. The Morgan fingerprint density at radius 3 is 1.73 bits per heavy atom. The molecule has 0 aliphatic rings. The van der Waals surface area contributed by atoms with Crippen molar-refractivity contribution in [3.63, 3.8) is 0 Å². The van der Waals surface area contributed by atoms with Gasteiger partial charge in [-0.05, 0) is 54.8 Å². The summed E-state index contributed by atoms with van der Waals surface area (Å²) < 4.78 is 20.3. The second-order valence-corrected chi connectivity index (χ2v) is 11.3. The third-order valence-corrected chi connectivity index (χ3v) is 7.47. The number of benzene rings is 3. The van der Waals surface area contributed by atoms with Gasteiger partial charge in [0.25, 0.3) is 11.4 Å². The quantitative estimate of drug-likeness (QED) is 0.0236. The second kappa shape index (κ2) is 20.4. The Balaban J connectivity index is 1.27. The lowest BCUT2D eigenvalue weighted by molar-refractivity contribution is -0.394. The number of nitrogens with zero attached hydrogens (tertiary/aromatic N) is 2. The van der Waals surface area contributed by atoms with E-state index in [1.807, 2.05) is 0 Å². The average Bonchev–Trinajstić information content (AvgIpc) is 3.12. The van der Waals surface area contributed by atoms with E-state index < -0.39 is 45.1 Å². The van der Waals surface area contributed by atoms with E-state index in [2.05, 4.69) is 4.74 Å². The van der Waals surface area contributed by atoms with Crippen molar-refractivity contribution in [3.05, 3.63) is 109 Å². The van der Waals surface area contributed by atoms with Gasteiger partial charge in [0.1, 0.15) is 17.1 Å². The number of carbonyl (C=O) groups excluding carboxylic acids is 4. The number of aromatic hydroxyl groups is 1. The van der Waals surface area contributed by atoms with Gasteiger partial charge >= 0.3 is 23.9 Å². The highest BCUT2D eigenvalue weighted by Gasteiger charge is 2.21. The summed E-state index contributed by atoms with van der Waals surface area (Å²) in [6, 6.07) is 12.8. The SMILES string of the molecule is COC(=O)C=Cc1ccc(C(=O)Oc2ccc(O)c(C(=O)OCCCCCCCCCCCOC(=O)c3cc([N+](=O)[O-])cc([N+](=O)[O-])c3)c2)cc1. The number of non-ortho nitro benzene ring substituents is 2. The molecule has 1 N–H and O–H groups in total. The van der Waals surface area contributed by atoms with E-state index in [-0.39, 0.29) is 41.4 Å². The number of unbranched alkanes of at least 4 members (excludes halogenated alkanes) is 8. The maximum atomic E-state index is 12.6. The van der Waals surface area contributed by atoms with E-state index in [0.29, 0.717) is 18.4 Å². The molecule has 0 spiro atoms. The molecule has 0 atom stereocenters. The molecule has 51 heavy (non-hydrogen) atoms. The maximum Gasteiger partial charge on any atom is 0.343 e. The first-order valence-corrected chi connectivity index (χ1v) is 16.2. The Kier molecular flexibility index (Phi) is 15.7. The molecule has 0 bridgehead atoms. The standard InChI is InChI=1S/C36H38N2O13/c1-48-33(40)18-13-25-11-14-26(15-12-25)35(42)51-30-16-17-32(39)31(24-30)36(43)50-20-10-8-6-4-2-3-5-7-9-19-49-34(41)27-21-28(37(44)45)23-29(22-27)38(46)47/h11-18,21-24,39H,2-10,19-20H2,1H3. The number of esters is 4. The van der Waals surface area contributed by atoms with Gasteiger partial charge in [-0.2, -0.15) is 0 Å². The fraction of sp³-hybridized carbons (Fsp3) is 0.333. The molecule has 15 nitrogen and oxygen atoms in total. The summed E-state index contributed by atoms with van der Waals surface area (Å²) in [5.41, 5.74) is -0.594. The molecule has 3 rings (SSSR count). The van der Waals surface area contributed by atoms with Crippen LogP contribution in [0.2, 0.25) is 0 Å². The molecule has 0 aromatic heterocycles. The van der Waals surface area contributed by atoms with Crippen LogP contribution in [-0.2, 0) is 19.0 Å². The van der Waals surface area contributed by atoms with Crippen LogP contribution in [0.25, 0.3) is 6.08 Å². The number of nitro benzene ring substituents is 2. The molecule has 0 amide bonds. The molecule has 0 saturated heterocycles. The molecular formula is C36H38N2O13. The Hall–Kier alpha value is -6.12. The molecule has 0 heterocycles. The van der Waals surface area contributed by atoms with Crippen LogP contribution in [0.1, 0.15) is 94.4 Å². The molecule has 0 unspecified atom stereocenters. The number of methoxy groups -OCH3 is 1.